The molecule has 0 bridgehead atoms. The van der Waals surface area contributed by atoms with Crippen molar-refractivity contribution in [1.82, 2.24) is 20.1 Å². The SMILES string of the molecule is CCNC(=O)CN1CCN(C(=O)c2cccc(Br)n2)CC1. The molecule has 0 spiro atoms. The molecule has 0 aliphatic carbocycles. The fraction of sp³-hybridized carbons (Fsp3) is 0.500. The maximum atomic E-state index is 12.3. The number of hydrogen-bond acceptors (Lipinski definition) is 4. The lowest BCUT2D eigenvalue weighted by molar-refractivity contribution is -0.122. The van der Waals surface area contributed by atoms with Crippen LogP contribution in [0.5, 0.6) is 0 Å². The number of carbonyl (C=O) groups excluding carboxylic acids is 2. The summed E-state index contributed by atoms with van der Waals surface area (Å²) < 4.78 is 0.656. The number of nitrogens with one attached hydrogen (secondary N) is 1. The van der Waals surface area contributed by atoms with Gasteiger partial charge in [0.05, 0.1) is 6.54 Å². The first-order valence-electron chi connectivity index (χ1n) is 7.01. The van der Waals surface area contributed by atoms with Crippen LogP contribution in [0.1, 0.15) is 17.4 Å². The van der Waals surface area contributed by atoms with Gasteiger partial charge < -0.3 is 10.2 Å². The molecule has 0 atom stereocenters. The third-order valence-corrected chi connectivity index (χ3v) is 3.78. The van der Waals surface area contributed by atoms with Crippen LogP contribution in [0.2, 0.25) is 0 Å². The van der Waals surface area contributed by atoms with Gasteiger partial charge in [0, 0.05) is 32.7 Å². The fourth-order valence-corrected chi connectivity index (χ4v) is 2.60. The second kappa shape index (κ2) is 7.51. The van der Waals surface area contributed by atoms with Gasteiger partial charge in [-0.1, -0.05) is 6.07 Å². The Balaban J connectivity index is 1.86. The molecule has 1 aliphatic heterocycles. The standard InChI is InChI=1S/C14H19BrN4O2/c1-2-16-13(20)10-18-6-8-19(9-7-18)14(21)11-4-3-5-12(15)17-11/h3-5H,2,6-10H2,1H3,(H,16,20). The minimum Gasteiger partial charge on any atom is -0.355 e. The summed E-state index contributed by atoms with van der Waals surface area (Å²) in [5, 5.41) is 2.78. The molecule has 7 heteroatoms. The molecule has 6 nitrogen and oxygen atoms in total. The highest BCUT2D eigenvalue weighted by molar-refractivity contribution is 9.10. The zero-order valence-corrected chi connectivity index (χ0v) is 13.6. The Hall–Kier alpha value is -1.47. The highest BCUT2D eigenvalue weighted by Crippen LogP contribution is 2.10. The zero-order valence-electron chi connectivity index (χ0n) is 12.0. The summed E-state index contributed by atoms with van der Waals surface area (Å²) >= 11 is 3.27. The van der Waals surface area contributed by atoms with Crippen molar-refractivity contribution in [3.8, 4) is 0 Å². The van der Waals surface area contributed by atoms with Gasteiger partial charge in [0.25, 0.3) is 5.91 Å². The lowest BCUT2D eigenvalue weighted by atomic mass is 10.2. The van der Waals surface area contributed by atoms with Gasteiger partial charge in [0.2, 0.25) is 5.91 Å². The molecular formula is C14H19BrN4O2. The highest BCUT2D eigenvalue weighted by atomic mass is 79.9. The predicted molar refractivity (Wildman–Crippen MR) is 83.0 cm³/mol. The van der Waals surface area contributed by atoms with Gasteiger partial charge in [-0.2, -0.15) is 0 Å². The van der Waals surface area contributed by atoms with Crippen molar-refractivity contribution < 1.29 is 9.59 Å². The molecule has 2 heterocycles. The second-order valence-corrected chi connectivity index (χ2v) is 5.68. The molecule has 1 saturated heterocycles. The number of aromatic nitrogens is 1. The number of rotatable bonds is 4. The van der Waals surface area contributed by atoms with E-state index in [1.54, 1.807) is 23.1 Å². The van der Waals surface area contributed by atoms with E-state index in [0.29, 0.717) is 49.6 Å². The Morgan fingerprint density at radius 2 is 2.00 bits per heavy atom. The zero-order chi connectivity index (χ0) is 15.2. The van der Waals surface area contributed by atoms with Crippen molar-refractivity contribution in [2.45, 2.75) is 6.92 Å². The Morgan fingerprint density at radius 1 is 1.29 bits per heavy atom. The average molecular weight is 355 g/mol. The third kappa shape index (κ3) is 4.50. The topological polar surface area (TPSA) is 65.5 Å². The van der Waals surface area contributed by atoms with Gasteiger partial charge in [-0.3, -0.25) is 14.5 Å². The average Bonchev–Trinajstić information content (AvgIpc) is 2.47. The van der Waals surface area contributed by atoms with E-state index in [9.17, 15) is 9.59 Å². The summed E-state index contributed by atoms with van der Waals surface area (Å²) in [5.41, 5.74) is 0.446. The molecule has 1 aromatic rings. The molecule has 1 aromatic heterocycles. The van der Waals surface area contributed by atoms with Crippen LogP contribution in [-0.4, -0.2) is 65.9 Å². The first-order chi connectivity index (χ1) is 10.1. The van der Waals surface area contributed by atoms with Crippen molar-refractivity contribution in [3.05, 3.63) is 28.5 Å². The van der Waals surface area contributed by atoms with Gasteiger partial charge >= 0.3 is 0 Å². The largest absolute Gasteiger partial charge is 0.355 e. The van der Waals surface area contributed by atoms with Crippen molar-refractivity contribution >= 4 is 27.7 Å². The fourth-order valence-electron chi connectivity index (χ4n) is 2.25. The number of pyridine rings is 1. The summed E-state index contributed by atoms with van der Waals surface area (Å²) in [6.45, 7) is 5.59. The van der Waals surface area contributed by atoms with Crippen LogP contribution in [0.25, 0.3) is 0 Å². The molecule has 2 amide bonds. The molecular weight excluding hydrogens is 336 g/mol. The number of carbonyl (C=O) groups is 2. The Bertz CT molecular complexity index is 515. The van der Waals surface area contributed by atoms with Crippen LogP contribution >= 0.6 is 15.9 Å². The van der Waals surface area contributed by atoms with Crippen molar-refractivity contribution in [2.24, 2.45) is 0 Å². The molecule has 21 heavy (non-hydrogen) atoms. The van der Waals surface area contributed by atoms with E-state index in [1.807, 2.05) is 6.92 Å². The van der Waals surface area contributed by atoms with Gasteiger partial charge in [-0.25, -0.2) is 4.98 Å². The van der Waals surface area contributed by atoms with Crippen LogP contribution in [-0.2, 0) is 4.79 Å². The van der Waals surface area contributed by atoms with Gasteiger partial charge in [0.15, 0.2) is 0 Å². The van der Waals surface area contributed by atoms with E-state index in [0.717, 1.165) is 0 Å². The molecule has 1 fully saturated rings. The Labute approximate surface area is 132 Å². The summed E-state index contributed by atoms with van der Waals surface area (Å²) in [5.74, 6) is -0.0279. The molecule has 1 N–H and O–H groups in total. The van der Waals surface area contributed by atoms with E-state index in [-0.39, 0.29) is 11.8 Å². The molecule has 2 rings (SSSR count). The lowest BCUT2D eigenvalue weighted by Gasteiger charge is -2.34. The Morgan fingerprint density at radius 3 is 2.62 bits per heavy atom. The highest BCUT2D eigenvalue weighted by Gasteiger charge is 2.23. The normalized spacial score (nSPS) is 15.8. The lowest BCUT2D eigenvalue weighted by Crippen LogP contribution is -2.51. The minimum atomic E-state index is -0.0611. The van der Waals surface area contributed by atoms with Crippen LogP contribution in [0.3, 0.4) is 0 Å². The summed E-state index contributed by atoms with van der Waals surface area (Å²) in [6.07, 6.45) is 0. The second-order valence-electron chi connectivity index (χ2n) is 4.87. The third-order valence-electron chi connectivity index (χ3n) is 3.33. The molecule has 114 valence electrons. The van der Waals surface area contributed by atoms with E-state index >= 15 is 0 Å². The molecule has 0 radical (unpaired) electrons. The minimum absolute atomic E-state index is 0.0333. The first-order valence-corrected chi connectivity index (χ1v) is 7.80. The summed E-state index contributed by atoms with van der Waals surface area (Å²) in [6, 6.07) is 5.31. The number of nitrogens with zero attached hydrogens (tertiary/aromatic N) is 3. The Kier molecular flexibility index (Phi) is 5.69. The quantitative estimate of drug-likeness (QED) is 0.810. The molecule has 0 unspecified atom stereocenters. The smallest absolute Gasteiger partial charge is 0.272 e. The van der Waals surface area contributed by atoms with E-state index in [2.05, 4.69) is 31.1 Å². The monoisotopic (exact) mass is 354 g/mol. The van der Waals surface area contributed by atoms with Crippen molar-refractivity contribution in [2.75, 3.05) is 39.3 Å². The molecule has 1 aliphatic rings. The molecule has 0 aromatic carbocycles. The van der Waals surface area contributed by atoms with Crippen LogP contribution in [0, 0.1) is 0 Å². The van der Waals surface area contributed by atoms with E-state index in [1.165, 1.54) is 0 Å². The van der Waals surface area contributed by atoms with E-state index < -0.39 is 0 Å². The van der Waals surface area contributed by atoms with Gasteiger partial charge in [-0.15, -0.1) is 0 Å². The number of piperazine rings is 1. The number of amides is 2. The number of likely N-dealkylation sites (N-methyl/N-ethyl adjacent to an activating group) is 1. The maximum absolute atomic E-state index is 12.3. The summed E-state index contributed by atoms with van der Waals surface area (Å²) in [4.78, 5) is 31.9. The van der Waals surface area contributed by atoms with Crippen LogP contribution in [0.4, 0.5) is 0 Å². The van der Waals surface area contributed by atoms with Gasteiger partial charge in [0.1, 0.15) is 10.3 Å². The number of halogens is 1. The van der Waals surface area contributed by atoms with E-state index in [4.69, 9.17) is 0 Å². The van der Waals surface area contributed by atoms with Crippen LogP contribution < -0.4 is 5.32 Å². The first kappa shape index (κ1) is 15.9. The maximum Gasteiger partial charge on any atom is 0.272 e. The van der Waals surface area contributed by atoms with Gasteiger partial charge in [-0.05, 0) is 35.0 Å². The predicted octanol–water partition coefficient (Wildman–Crippen LogP) is 0.738. The van der Waals surface area contributed by atoms with Crippen molar-refractivity contribution in [3.63, 3.8) is 0 Å². The number of hydrogen-bond donors (Lipinski definition) is 1. The van der Waals surface area contributed by atoms with Crippen LogP contribution in [0.15, 0.2) is 22.8 Å². The van der Waals surface area contributed by atoms with Crippen molar-refractivity contribution in [1.29, 1.82) is 0 Å². The molecule has 0 saturated carbocycles. The summed E-state index contributed by atoms with van der Waals surface area (Å²) in [7, 11) is 0.